The molecule has 1 N–H and O–H groups in total. The van der Waals surface area contributed by atoms with Gasteiger partial charge >= 0.3 is 0 Å². The maximum Gasteiger partial charge on any atom is 0.253 e. The molecule has 3 aromatic rings. The Labute approximate surface area is 161 Å². The lowest BCUT2D eigenvalue weighted by atomic mass is 10.0. The molecule has 140 valence electrons. The number of amides is 1. The zero-order valence-corrected chi connectivity index (χ0v) is 16.3. The fourth-order valence-electron chi connectivity index (χ4n) is 3.42. The number of fused-ring (bicyclic) bond motifs is 2. The molecular formula is C20H21FN4OS. The van der Waals surface area contributed by atoms with E-state index in [0.29, 0.717) is 11.3 Å². The maximum absolute atomic E-state index is 13.7. The van der Waals surface area contributed by atoms with Crippen molar-refractivity contribution in [3.05, 3.63) is 53.1 Å². The number of carbonyl (C=O) groups excluding carboxylic acids is 1. The van der Waals surface area contributed by atoms with Crippen molar-refractivity contribution in [3.63, 3.8) is 0 Å². The molecule has 2 aromatic heterocycles. The van der Waals surface area contributed by atoms with Gasteiger partial charge in [0.25, 0.3) is 5.91 Å². The Morgan fingerprint density at radius 3 is 2.96 bits per heavy atom. The largest absolute Gasteiger partial charge is 0.345 e. The standard InChI is InChI=1S/C20H21FN4OS/c1-11(2)25-19-13(10-22-25)8-15(12(3)23-19)20(26)24-17-6-7-27-18-5-4-14(21)9-16(17)18/h4-5,8-11,17H,6-7H2,1-3H3,(H,24,26). The van der Waals surface area contributed by atoms with Crippen LogP contribution in [0.2, 0.25) is 0 Å². The Kier molecular flexibility index (Phi) is 4.63. The summed E-state index contributed by atoms with van der Waals surface area (Å²) in [7, 11) is 0. The minimum Gasteiger partial charge on any atom is -0.345 e. The minimum atomic E-state index is -0.282. The van der Waals surface area contributed by atoms with Crippen molar-refractivity contribution in [3.8, 4) is 0 Å². The number of halogens is 1. The summed E-state index contributed by atoms with van der Waals surface area (Å²) in [4.78, 5) is 18.6. The van der Waals surface area contributed by atoms with Crippen LogP contribution < -0.4 is 5.32 Å². The smallest absolute Gasteiger partial charge is 0.253 e. The summed E-state index contributed by atoms with van der Waals surface area (Å²) in [6, 6.07) is 6.60. The number of thioether (sulfide) groups is 1. The number of rotatable bonds is 3. The Bertz CT molecular complexity index is 1030. The molecule has 0 saturated heterocycles. The molecule has 1 unspecified atom stereocenters. The molecule has 0 spiro atoms. The molecule has 0 saturated carbocycles. The summed E-state index contributed by atoms with van der Waals surface area (Å²) in [5.41, 5.74) is 2.81. The summed E-state index contributed by atoms with van der Waals surface area (Å²) in [6.45, 7) is 5.92. The molecule has 1 atom stereocenters. The molecule has 3 heterocycles. The van der Waals surface area contributed by atoms with Gasteiger partial charge in [-0.05, 0) is 57.0 Å². The third kappa shape index (κ3) is 3.32. The van der Waals surface area contributed by atoms with Crippen molar-refractivity contribution in [2.45, 2.75) is 44.2 Å². The van der Waals surface area contributed by atoms with E-state index in [4.69, 9.17) is 0 Å². The van der Waals surface area contributed by atoms with Crippen molar-refractivity contribution in [2.75, 3.05) is 5.75 Å². The molecule has 0 aliphatic carbocycles. The number of nitrogens with one attached hydrogen (secondary N) is 1. The van der Waals surface area contributed by atoms with Crippen molar-refractivity contribution < 1.29 is 9.18 Å². The highest BCUT2D eigenvalue weighted by Gasteiger charge is 2.24. The van der Waals surface area contributed by atoms with E-state index in [1.54, 1.807) is 24.0 Å². The van der Waals surface area contributed by atoms with Gasteiger partial charge in [-0.3, -0.25) is 4.79 Å². The summed E-state index contributed by atoms with van der Waals surface area (Å²) in [6.07, 6.45) is 2.51. The van der Waals surface area contributed by atoms with Crippen LogP contribution in [0.4, 0.5) is 4.39 Å². The Morgan fingerprint density at radius 2 is 2.19 bits per heavy atom. The van der Waals surface area contributed by atoms with Gasteiger partial charge in [0.05, 0.1) is 23.5 Å². The van der Waals surface area contributed by atoms with Crippen LogP contribution in [0.25, 0.3) is 11.0 Å². The van der Waals surface area contributed by atoms with Gasteiger partial charge in [-0.2, -0.15) is 5.10 Å². The quantitative estimate of drug-likeness (QED) is 0.726. The van der Waals surface area contributed by atoms with E-state index >= 15 is 0 Å². The molecule has 1 aromatic carbocycles. The number of hydrogen-bond donors (Lipinski definition) is 1. The van der Waals surface area contributed by atoms with Crippen LogP contribution in [0.5, 0.6) is 0 Å². The second-order valence-electron chi connectivity index (χ2n) is 7.06. The van der Waals surface area contributed by atoms with Gasteiger partial charge in [-0.25, -0.2) is 14.1 Å². The van der Waals surface area contributed by atoms with Crippen LogP contribution in [0.1, 0.15) is 54.0 Å². The lowest BCUT2D eigenvalue weighted by Crippen LogP contribution is -2.31. The third-order valence-corrected chi connectivity index (χ3v) is 5.93. The van der Waals surface area contributed by atoms with Crippen molar-refractivity contribution in [2.24, 2.45) is 0 Å². The molecule has 0 bridgehead atoms. The average molecular weight is 384 g/mol. The van der Waals surface area contributed by atoms with E-state index in [1.807, 2.05) is 31.5 Å². The van der Waals surface area contributed by atoms with Crippen LogP contribution in [0, 0.1) is 12.7 Å². The fourth-order valence-corrected chi connectivity index (χ4v) is 4.53. The molecular weight excluding hydrogens is 363 g/mol. The highest BCUT2D eigenvalue weighted by Crippen LogP contribution is 2.36. The van der Waals surface area contributed by atoms with E-state index in [2.05, 4.69) is 15.4 Å². The summed E-state index contributed by atoms with van der Waals surface area (Å²) >= 11 is 1.69. The number of benzene rings is 1. The molecule has 27 heavy (non-hydrogen) atoms. The van der Waals surface area contributed by atoms with E-state index in [9.17, 15) is 9.18 Å². The maximum atomic E-state index is 13.7. The second-order valence-corrected chi connectivity index (χ2v) is 8.20. The van der Waals surface area contributed by atoms with E-state index in [-0.39, 0.29) is 23.8 Å². The number of hydrogen-bond acceptors (Lipinski definition) is 4. The zero-order chi connectivity index (χ0) is 19.1. The van der Waals surface area contributed by atoms with Gasteiger partial charge in [-0.15, -0.1) is 11.8 Å². The number of pyridine rings is 1. The number of carbonyl (C=O) groups is 1. The van der Waals surface area contributed by atoms with Crippen LogP contribution in [0.3, 0.4) is 0 Å². The monoisotopic (exact) mass is 384 g/mol. The van der Waals surface area contributed by atoms with Crippen LogP contribution in [-0.2, 0) is 0 Å². The average Bonchev–Trinajstić information content (AvgIpc) is 3.04. The number of aromatic nitrogens is 3. The van der Waals surface area contributed by atoms with Gasteiger partial charge in [0, 0.05) is 22.1 Å². The predicted octanol–water partition coefficient (Wildman–Crippen LogP) is 4.43. The molecule has 7 heteroatoms. The lowest BCUT2D eigenvalue weighted by molar-refractivity contribution is 0.0934. The highest BCUT2D eigenvalue weighted by molar-refractivity contribution is 7.99. The molecule has 1 amide bonds. The second kappa shape index (κ2) is 6.96. The van der Waals surface area contributed by atoms with E-state index in [0.717, 1.165) is 33.7 Å². The number of aryl methyl sites for hydroxylation is 1. The van der Waals surface area contributed by atoms with Crippen LogP contribution in [-0.4, -0.2) is 26.4 Å². The molecule has 5 nitrogen and oxygen atoms in total. The Balaban J connectivity index is 1.65. The number of nitrogens with zero attached hydrogens (tertiary/aromatic N) is 3. The zero-order valence-electron chi connectivity index (χ0n) is 15.5. The van der Waals surface area contributed by atoms with Gasteiger partial charge in [0.2, 0.25) is 0 Å². The minimum absolute atomic E-state index is 0.189. The van der Waals surface area contributed by atoms with Crippen LogP contribution in [0.15, 0.2) is 35.4 Å². The first-order valence-corrected chi connectivity index (χ1v) is 10.0. The first-order valence-electron chi connectivity index (χ1n) is 9.02. The molecule has 1 aliphatic rings. The predicted molar refractivity (Wildman–Crippen MR) is 105 cm³/mol. The summed E-state index contributed by atoms with van der Waals surface area (Å²) in [5, 5.41) is 8.28. The van der Waals surface area contributed by atoms with Crippen molar-refractivity contribution >= 4 is 28.7 Å². The van der Waals surface area contributed by atoms with Crippen molar-refractivity contribution in [1.29, 1.82) is 0 Å². The molecule has 0 fully saturated rings. The topological polar surface area (TPSA) is 59.8 Å². The first kappa shape index (κ1) is 18.0. The van der Waals surface area contributed by atoms with Crippen molar-refractivity contribution in [1.82, 2.24) is 20.1 Å². The van der Waals surface area contributed by atoms with Crippen LogP contribution >= 0.6 is 11.8 Å². The molecule has 1 aliphatic heterocycles. The lowest BCUT2D eigenvalue weighted by Gasteiger charge is -2.26. The Hall–Kier alpha value is -2.41. The van der Waals surface area contributed by atoms with E-state index < -0.39 is 0 Å². The Morgan fingerprint density at radius 1 is 1.37 bits per heavy atom. The summed E-state index contributed by atoms with van der Waals surface area (Å²) in [5.74, 6) is 0.420. The molecule has 4 rings (SSSR count). The van der Waals surface area contributed by atoms with Gasteiger partial charge < -0.3 is 5.32 Å². The van der Waals surface area contributed by atoms with Gasteiger partial charge in [-0.1, -0.05) is 0 Å². The summed E-state index contributed by atoms with van der Waals surface area (Å²) < 4.78 is 15.5. The molecule has 0 radical (unpaired) electrons. The normalized spacial score (nSPS) is 16.6. The fraction of sp³-hybridized carbons (Fsp3) is 0.350. The van der Waals surface area contributed by atoms with E-state index in [1.165, 1.54) is 12.1 Å². The first-order chi connectivity index (χ1) is 12.9. The highest BCUT2D eigenvalue weighted by atomic mass is 32.2. The SMILES string of the molecule is Cc1nc2c(cnn2C(C)C)cc1C(=O)NC1CCSc2ccc(F)cc21. The van der Waals surface area contributed by atoms with Gasteiger partial charge in [0.15, 0.2) is 5.65 Å². The van der Waals surface area contributed by atoms with Gasteiger partial charge in [0.1, 0.15) is 5.82 Å². The third-order valence-electron chi connectivity index (χ3n) is 4.81.